The first-order valence-electron chi connectivity index (χ1n) is 43.9. The summed E-state index contributed by atoms with van der Waals surface area (Å²) < 4.78 is 16.8. The number of phenolic OH excluding ortho intramolecular Hbond substituents is 4. The number of nitrogens with one attached hydrogen (secondary N) is 5. The number of halogens is 3. The molecule has 8 unspecified atom stereocenters. The number of carboxylic acids is 1. The quantitative estimate of drug-likeness (QED) is 0.00670. The lowest BCUT2D eigenvalue weighted by atomic mass is 9.42. The zero-order chi connectivity index (χ0) is 90.6. The van der Waals surface area contributed by atoms with E-state index >= 15 is 0 Å². The Kier molecular flexibility index (Phi) is 30.9. The number of nitrogens with two attached hydrogens (primary N) is 1. The van der Waals surface area contributed by atoms with E-state index in [0.29, 0.717) is 74.4 Å². The summed E-state index contributed by atoms with van der Waals surface area (Å²) in [6.07, 6.45) is 27.7. The summed E-state index contributed by atoms with van der Waals surface area (Å²) in [5, 5.41) is 67.9. The van der Waals surface area contributed by atoms with Crippen molar-refractivity contribution in [3.05, 3.63) is 176 Å². The van der Waals surface area contributed by atoms with Crippen molar-refractivity contribution in [1.29, 1.82) is 5.41 Å². The summed E-state index contributed by atoms with van der Waals surface area (Å²) in [6.45, 7) is 20.1. The maximum Gasteiger partial charge on any atom is 0.328 e. The molecule has 12 bridgehead atoms. The molecule has 0 aromatic heterocycles. The molecule has 4 amide bonds. The largest absolute Gasteiger partial charge is 0.504 e. The van der Waals surface area contributed by atoms with Crippen molar-refractivity contribution in [2.45, 2.75) is 232 Å². The van der Waals surface area contributed by atoms with Gasteiger partial charge < -0.3 is 62.0 Å². The van der Waals surface area contributed by atoms with Crippen LogP contribution < -0.4 is 36.5 Å². The van der Waals surface area contributed by atoms with E-state index < -0.39 is 24.0 Å². The zero-order valence-electron chi connectivity index (χ0n) is 73.6. The second kappa shape index (κ2) is 40.3. The van der Waals surface area contributed by atoms with Crippen molar-refractivity contribution in [3.63, 3.8) is 0 Å². The number of hydrogen-bond donors (Lipinski definition) is 11. The van der Waals surface area contributed by atoms with E-state index in [0.717, 1.165) is 108 Å². The van der Waals surface area contributed by atoms with E-state index in [4.69, 9.17) is 66.7 Å². The normalized spacial score (nSPS) is 26.7. The molecule has 12 aliphatic carbocycles. The molecule has 12 N–H and O–H groups in total. The van der Waals surface area contributed by atoms with Gasteiger partial charge in [0.1, 0.15) is 13.5 Å². The highest BCUT2D eigenvalue weighted by molar-refractivity contribution is 6.31. The number of rotatable bonds is 24. The molecule has 18 rings (SSSR count). The van der Waals surface area contributed by atoms with Crippen LogP contribution in [0.2, 0.25) is 15.1 Å². The van der Waals surface area contributed by atoms with Gasteiger partial charge in [-0.3, -0.25) is 24.0 Å². The van der Waals surface area contributed by atoms with Crippen LogP contribution in [0.15, 0.2) is 127 Å². The van der Waals surface area contributed by atoms with Gasteiger partial charge in [-0.1, -0.05) is 152 Å². The maximum atomic E-state index is 13.8. The third-order valence-corrected chi connectivity index (χ3v) is 28.5. The van der Waals surface area contributed by atoms with Gasteiger partial charge in [0.25, 0.3) is 0 Å². The minimum absolute atomic E-state index is 0.0568. The molecule has 21 nitrogen and oxygen atoms in total. The Labute approximate surface area is 741 Å². The second-order valence-corrected chi connectivity index (χ2v) is 40.4. The van der Waals surface area contributed by atoms with Crippen molar-refractivity contribution in [3.8, 4) is 47.3 Å². The van der Waals surface area contributed by atoms with E-state index in [-0.39, 0.29) is 126 Å². The minimum atomic E-state index is -0.991. The van der Waals surface area contributed by atoms with Gasteiger partial charge in [-0.05, 0) is 316 Å². The van der Waals surface area contributed by atoms with Crippen LogP contribution >= 0.6 is 34.8 Å². The Balaban J connectivity index is 0.000000179. The Bertz CT molecular complexity index is 4820. The third-order valence-electron chi connectivity index (χ3n) is 27.7. The molecule has 9 atom stereocenters. The summed E-state index contributed by atoms with van der Waals surface area (Å²) in [4.78, 5) is 95.4. The number of ether oxygens (including phenoxy) is 2. The summed E-state index contributed by atoms with van der Waals surface area (Å²) in [5.74, 6) is 1.45. The lowest BCUT2D eigenvalue weighted by Gasteiger charge is -2.61. The average Bonchev–Trinajstić information content (AvgIpc) is 0.719. The third kappa shape index (κ3) is 22.8. The Morgan fingerprint density at radius 2 is 0.797 bits per heavy atom. The topological polar surface area (TPSA) is 354 Å². The van der Waals surface area contributed by atoms with Gasteiger partial charge in [-0.2, -0.15) is 0 Å². The molecule has 6 aromatic carbocycles. The molecule has 0 radical (unpaired) electrons. The Morgan fingerprint density at radius 1 is 0.496 bits per heavy atom. The Morgan fingerprint density at radius 3 is 1.06 bits per heavy atom. The first-order valence-corrected chi connectivity index (χ1v) is 44.6. The van der Waals surface area contributed by atoms with Crippen LogP contribution in [0.1, 0.15) is 220 Å². The van der Waals surface area contributed by atoms with Crippen molar-refractivity contribution < 1.29 is 74.7 Å². The molecule has 12 fully saturated rings. The van der Waals surface area contributed by atoms with Crippen LogP contribution in [-0.2, 0) is 73.9 Å². The number of amides is 4. The predicted molar refractivity (Wildman–Crippen MR) is 477 cm³/mol. The number of benzene rings is 6. The molecule has 123 heavy (non-hydrogen) atoms. The lowest BCUT2D eigenvalue weighted by molar-refractivity contribution is -0.149. The van der Waals surface area contributed by atoms with Gasteiger partial charge >= 0.3 is 17.9 Å². The van der Waals surface area contributed by atoms with Crippen molar-refractivity contribution in [1.82, 2.24) is 21.3 Å². The smallest absolute Gasteiger partial charge is 0.328 e. The molecular weight excluding hydrogens is 1620 g/mol. The van der Waals surface area contributed by atoms with Crippen molar-refractivity contribution in [2.24, 2.45) is 86.6 Å². The van der Waals surface area contributed by atoms with E-state index in [1.54, 1.807) is 50.2 Å². The molecule has 12 saturated carbocycles. The fourth-order valence-corrected chi connectivity index (χ4v) is 24.2. The van der Waals surface area contributed by atoms with Gasteiger partial charge in [0.15, 0.2) is 34.5 Å². The van der Waals surface area contributed by atoms with Crippen LogP contribution in [0.3, 0.4) is 0 Å². The number of aromatic hydroxyl groups is 4. The second-order valence-electron chi connectivity index (χ2n) is 39.1. The highest BCUT2D eigenvalue weighted by atomic mass is 35.5. The summed E-state index contributed by atoms with van der Waals surface area (Å²) in [7, 11) is 0. The van der Waals surface area contributed by atoms with E-state index in [9.17, 15) is 54.0 Å². The van der Waals surface area contributed by atoms with E-state index in [2.05, 4.69) is 64.1 Å². The summed E-state index contributed by atoms with van der Waals surface area (Å²) in [5.41, 5.74) is 11.6. The standard InChI is InChI=1S/C34H44ClNO4.C30H37ClN2O4.C25H28ClNO3.C7H13NO3.C2H2.CHNO/c1-21(2)29(32(3,4)5)30(38)40-28-15-22(6-11-27(28)37)12-13-36-31(39)34-18-23-14-24(19-34)17-33(16-23,20-34)25-7-9-26(35)10-8-25;1-18(2)26(32)27(35)37-25-12-19(3-8-24(25)34)9-10-33-28(36)30-15-20-11-21(16-30)14-29(13-20,17-30)22-4-6-23(31)7-5-22;26-20-4-2-19(3-5-20)24-11-17-9-18(12-24)14-25(13-17,15-24)23(30)27-8-7-16-1-6-21(28)22(29)10-16;1-4(2)6(7(10)11)8-5(3)9;1-2;2-1-3/h6-11,15,21,23-24,29,37H,12-14,16-20H2,1-5H3,(H,36,39);3-8,12,18,20-21,26,34H,9-11,13-17,32H2,1-2H3,(H,33,36);1-6,10,17-18,28-29H,7-9,11-15H2,(H,27,30);4,6H,1-3H3,(H,8,9)(H,10,11);1-2H;2H/t;;;6-;;/m...0../s1/i;;;;1D;. The highest BCUT2D eigenvalue weighted by Gasteiger charge is 2.64. The Hall–Kier alpha value is -9.42. The summed E-state index contributed by atoms with van der Waals surface area (Å²) >= 11 is 18.5. The van der Waals surface area contributed by atoms with Gasteiger partial charge in [-0.15, -0.1) is 12.8 Å². The van der Waals surface area contributed by atoms with E-state index in [1.165, 1.54) is 87.1 Å². The lowest BCUT2D eigenvalue weighted by Crippen LogP contribution is -2.59. The van der Waals surface area contributed by atoms with Crippen LogP contribution in [0, 0.1) is 99.1 Å². The van der Waals surface area contributed by atoms with Crippen molar-refractivity contribution in [2.75, 3.05) is 19.6 Å². The van der Waals surface area contributed by atoms with Gasteiger partial charge in [0.2, 0.25) is 29.7 Å². The van der Waals surface area contributed by atoms with Crippen LogP contribution in [0.25, 0.3) is 0 Å². The van der Waals surface area contributed by atoms with E-state index in [1.807, 2.05) is 90.9 Å². The number of carboxylic acid groups (broad SMARTS) is 1. The maximum absolute atomic E-state index is 13.8. The molecule has 6 aromatic rings. The van der Waals surface area contributed by atoms with Crippen molar-refractivity contribution >= 4 is 82.4 Å². The fraction of sp³-hybridized carbons (Fsp3) is 0.535. The predicted octanol–water partition coefficient (Wildman–Crippen LogP) is 17.9. The molecule has 0 spiro atoms. The first-order chi connectivity index (χ1) is 58.5. The minimum Gasteiger partial charge on any atom is -0.504 e. The molecule has 0 aliphatic heterocycles. The van der Waals surface area contributed by atoms with Gasteiger partial charge in [0, 0.05) is 41.6 Å². The molecular formula is C99H125Cl3N6O15. The number of carbonyl (C=O) groups is 7. The van der Waals surface area contributed by atoms with Crippen LogP contribution in [0.4, 0.5) is 0 Å². The van der Waals surface area contributed by atoms with Gasteiger partial charge in [0.05, 0.1) is 22.2 Å². The average molecular weight is 1750 g/mol. The van der Waals surface area contributed by atoms with Gasteiger partial charge in [-0.25, -0.2) is 19.8 Å². The monoisotopic (exact) mass is 1740 g/mol. The van der Waals surface area contributed by atoms with Crippen LogP contribution in [0.5, 0.6) is 34.5 Å². The molecule has 0 heterocycles. The number of hydrogen-bond acceptors (Lipinski definition) is 16. The SMILES string of the molecule is CC(=O)N[C@H](C(=O)O)C(C)C.CC(C)C(C(=O)Oc1cc(CCNC(=O)C23CC4CC(C2)CC(c2ccc(Cl)cc2)(C4)C3)ccc1O)C(C)(C)C.CC(C)C(N)C(=O)Oc1cc(CCNC(=O)C23CC4CC(C2)CC(c2ccc(Cl)cc2)(C4)C3)ccc1O.N=C=O.O=C(NCCc1ccc(O)c(O)c1)C12CC3CC(C1)CC(c1ccc(Cl)cc1)(C3)C2.[2H]C#C. The number of aliphatic carboxylic acids is 1. The number of terminal acetylenes is 1. The molecule has 0 saturated heterocycles. The highest BCUT2D eigenvalue weighted by Crippen LogP contribution is 2.69. The number of phenols is 4. The fourth-order valence-electron chi connectivity index (χ4n) is 23.8. The molecule has 662 valence electrons. The number of esters is 2. The van der Waals surface area contributed by atoms with Crippen LogP contribution in [-0.4, -0.2) is 105 Å². The molecule has 24 heteroatoms. The number of isocyanates is 1. The first kappa shape index (κ1) is 94.3. The summed E-state index contributed by atoms with van der Waals surface area (Å²) in [6, 6.07) is 38.2. The zero-order valence-corrected chi connectivity index (χ0v) is 74.9. The number of carbonyl (C=O) groups excluding carboxylic acids is 7. The molecule has 12 aliphatic rings.